The molecule has 18 heavy (non-hydrogen) atoms. The van der Waals surface area contributed by atoms with E-state index in [9.17, 15) is 4.79 Å². The molecule has 0 saturated carbocycles. The fourth-order valence-corrected chi connectivity index (χ4v) is 2.24. The summed E-state index contributed by atoms with van der Waals surface area (Å²) in [6.45, 7) is 1.93. The molecule has 0 aliphatic carbocycles. The van der Waals surface area contributed by atoms with Gasteiger partial charge < -0.3 is 0 Å². The highest BCUT2D eigenvalue weighted by atomic mass is 16.1. The highest BCUT2D eigenvalue weighted by molar-refractivity contribution is 5.88. The van der Waals surface area contributed by atoms with Crippen molar-refractivity contribution < 1.29 is 4.79 Å². The molecule has 0 bridgehead atoms. The second-order valence-corrected chi connectivity index (χ2v) is 4.19. The maximum Gasteiger partial charge on any atom is 0.152 e. The fraction of sp³-hybridized carbons (Fsp3) is 0.0667. The largest absolute Gasteiger partial charge is 0.299 e. The summed E-state index contributed by atoms with van der Waals surface area (Å²) in [7, 11) is 0. The smallest absolute Gasteiger partial charge is 0.152 e. The van der Waals surface area contributed by atoms with Crippen LogP contribution < -0.4 is 0 Å². The molecule has 0 aliphatic rings. The van der Waals surface area contributed by atoms with Crippen LogP contribution in [-0.4, -0.2) is 15.7 Å². The number of aldehydes is 1. The van der Waals surface area contributed by atoms with Crippen LogP contribution in [0.4, 0.5) is 0 Å². The van der Waals surface area contributed by atoms with Crippen molar-refractivity contribution in [2.45, 2.75) is 6.92 Å². The second kappa shape index (κ2) is 4.11. The average Bonchev–Trinajstić information content (AvgIpc) is 2.77. The van der Waals surface area contributed by atoms with Gasteiger partial charge in [0, 0.05) is 17.3 Å². The van der Waals surface area contributed by atoms with Crippen molar-refractivity contribution in [3.05, 3.63) is 59.9 Å². The number of rotatable bonds is 2. The second-order valence-electron chi connectivity index (χ2n) is 4.19. The third kappa shape index (κ3) is 1.52. The number of hydrogen-bond acceptors (Lipinski definition) is 2. The molecule has 0 unspecified atom stereocenters. The summed E-state index contributed by atoms with van der Waals surface area (Å²) in [4.78, 5) is 15.7. The summed E-state index contributed by atoms with van der Waals surface area (Å²) in [5, 5.41) is 0. The van der Waals surface area contributed by atoms with E-state index in [4.69, 9.17) is 0 Å². The standard InChI is InChI=1S/C15H12N2O/c1-11-14-13(10-18)8-5-9-17(14)15(16-11)12-6-3-2-4-7-12/h2-10H,1H3. The van der Waals surface area contributed by atoms with E-state index >= 15 is 0 Å². The number of carbonyl (C=O) groups is 1. The van der Waals surface area contributed by atoms with Gasteiger partial charge >= 0.3 is 0 Å². The van der Waals surface area contributed by atoms with Gasteiger partial charge in [-0.1, -0.05) is 30.3 Å². The lowest BCUT2D eigenvalue weighted by Gasteiger charge is -2.02. The van der Waals surface area contributed by atoms with Crippen molar-refractivity contribution in [3.8, 4) is 11.4 Å². The highest BCUT2D eigenvalue weighted by Crippen LogP contribution is 2.23. The SMILES string of the molecule is Cc1nc(-c2ccccc2)n2cccc(C=O)c12. The molecule has 3 heteroatoms. The quantitative estimate of drug-likeness (QED) is 0.641. The molecule has 0 saturated heterocycles. The molecule has 0 atom stereocenters. The number of aryl methyl sites for hydroxylation is 1. The predicted molar refractivity (Wildman–Crippen MR) is 70.8 cm³/mol. The average molecular weight is 236 g/mol. The van der Waals surface area contributed by atoms with Crippen LogP contribution in [0.25, 0.3) is 16.9 Å². The Morgan fingerprint density at radius 3 is 2.61 bits per heavy atom. The van der Waals surface area contributed by atoms with Crippen molar-refractivity contribution in [2.75, 3.05) is 0 Å². The van der Waals surface area contributed by atoms with Crippen LogP contribution in [0.1, 0.15) is 16.1 Å². The highest BCUT2D eigenvalue weighted by Gasteiger charge is 2.12. The van der Waals surface area contributed by atoms with Gasteiger partial charge in [-0.2, -0.15) is 0 Å². The molecule has 3 nitrogen and oxygen atoms in total. The number of hydrogen-bond donors (Lipinski definition) is 0. The Morgan fingerprint density at radius 1 is 1.11 bits per heavy atom. The Balaban J connectivity index is 2.36. The fourth-order valence-electron chi connectivity index (χ4n) is 2.24. The minimum atomic E-state index is 0.671. The molecule has 0 radical (unpaired) electrons. The maximum absolute atomic E-state index is 11.1. The molecule has 0 aliphatic heterocycles. The Morgan fingerprint density at radius 2 is 1.89 bits per heavy atom. The number of nitrogens with zero attached hydrogens (tertiary/aromatic N) is 2. The van der Waals surface area contributed by atoms with Gasteiger partial charge in [0.1, 0.15) is 5.82 Å². The lowest BCUT2D eigenvalue weighted by molar-refractivity contribution is 0.112. The molecule has 88 valence electrons. The maximum atomic E-state index is 11.1. The molecule has 2 aromatic heterocycles. The van der Waals surface area contributed by atoms with Crippen LogP contribution in [0.2, 0.25) is 0 Å². The number of pyridine rings is 1. The van der Waals surface area contributed by atoms with Crippen LogP contribution in [0.3, 0.4) is 0 Å². The number of fused-ring (bicyclic) bond motifs is 1. The summed E-state index contributed by atoms with van der Waals surface area (Å²) in [5.41, 5.74) is 3.47. The Hall–Kier alpha value is -2.42. The van der Waals surface area contributed by atoms with E-state index in [1.54, 1.807) is 0 Å². The predicted octanol–water partition coefficient (Wildman–Crippen LogP) is 3.12. The Labute approximate surface area is 105 Å². The van der Waals surface area contributed by atoms with Crippen molar-refractivity contribution in [1.82, 2.24) is 9.38 Å². The van der Waals surface area contributed by atoms with E-state index in [2.05, 4.69) is 4.98 Å². The van der Waals surface area contributed by atoms with Gasteiger partial charge in [-0.15, -0.1) is 0 Å². The van der Waals surface area contributed by atoms with Gasteiger partial charge in [0.25, 0.3) is 0 Å². The van der Waals surface area contributed by atoms with E-state index in [-0.39, 0.29) is 0 Å². The molecule has 3 aromatic rings. The van der Waals surface area contributed by atoms with Gasteiger partial charge in [0.2, 0.25) is 0 Å². The van der Waals surface area contributed by atoms with Crippen LogP contribution >= 0.6 is 0 Å². The molecule has 0 spiro atoms. The zero-order valence-electron chi connectivity index (χ0n) is 10.00. The summed E-state index contributed by atoms with van der Waals surface area (Å²) < 4.78 is 1.97. The Kier molecular flexibility index (Phi) is 2.45. The minimum Gasteiger partial charge on any atom is -0.299 e. The number of imidazole rings is 1. The van der Waals surface area contributed by atoms with Gasteiger partial charge in [0.05, 0.1) is 11.2 Å². The van der Waals surface area contributed by atoms with Gasteiger partial charge in [0.15, 0.2) is 6.29 Å². The van der Waals surface area contributed by atoms with Crippen LogP contribution in [0, 0.1) is 6.92 Å². The van der Waals surface area contributed by atoms with E-state index in [0.717, 1.165) is 28.9 Å². The molecular formula is C15H12N2O. The number of aromatic nitrogens is 2. The number of benzene rings is 1. The van der Waals surface area contributed by atoms with E-state index in [1.165, 1.54) is 0 Å². The zero-order chi connectivity index (χ0) is 12.5. The first-order valence-electron chi connectivity index (χ1n) is 5.79. The van der Waals surface area contributed by atoms with Crippen LogP contribution in [-0.2, 0) is 0 Å². The number of carbonyl (C=O) groups excluding carboxylic acids is 1. The molecular weight excluding hydrogens is 224 g/mol. The molecule has 2 heterocycles. The molecule has 3 rings (SSSR count). The monoisotopic (exact) mass is 236 g/mol. The van der Waals surface area contributed by atoms with E-state index in [0.29, 0.717) is 5.56 Å². The van der Waals surface area contributed by atoms with Gasteiger partial charge in [-0.3, -0.25) is 9.20 Å². The summed E-state index contributed by atoms with van der Waals surface area (Å²) in [5.74, 6) is 0.867. The summed E-state index contributed by atoms with van der Waals surface area (Å²) >= 11 is 0. The van der Waals surface area contributed by atoms with Gasteiger partial charge in [-0.05, 0) is 19.1 Å². The van der Waals surface area contributed by atoms with Crippen molar-refractivity contribution >= 4 is 11.8 Å². The minimum absolute atomic E-state index is 0.671. The Bertz CT molecular complexity index is 714. The lowest BCUT2D eigenvalue weighted by Crippen LogP contribution is -1.92. The molecule has 0 amide bonds. The topological polar surface area (TPSA) is 34.4 Å². The van der Waals surface area contributed by atoms with Gasteiger partial charge in [-0.25, -0.2) is 4.98 Å². The first kappa shape index (κ1) is 10.7. The summed E-state index contributed by atoms with van der Waals surface area (Å²) in [6.07, 6.45) is 2.81. The zero-order valence-corrected chi connectivity index (χ0v) is 10.00. The third-order valence-corrected chi connectivity index (χ3v) is 3.03. The third-order valence-electron chi connectivity index (χ3n) is 3.03. The molecule has 1 aromatic carbocycles. The van der Waals surface area contributed by atoms with Crippen LogP contribution in [0.15, 0.2) is 48.7 Å². The van der Waals surface area contributed by atoms with Crippen molar-refractivity contribution in [3.63, 3.8) is 0 Å². The molecule has 0 fully saturated rings. The molecule has 0 N–H and O–H groups in total. The van der Waals surface area contributed by atoms with E-state index in [1.807, 2.05) is 60.0 Å². The van der Waals surface area contributed by atoms with Crippen LogP contribution in [0.5, 0.6) is 0 Å². The lowest BCUT2D eigenvalue weighted by atomic mass is 10.2. The van der Waals surface area contributed by atoms with E-state index < -0.39 is 0 Å². The summed E-state index contributed by atoms with van der Waals surface area (Å²) in [6, 6.07) is 13.6. The normalized spacial score (nSPS) is 10.7. The first-order valence-corrected chi connectivity index (χ1v) is 5.79. The van der Waals surface area contributed by atoms with Crippen molar-refractivity contribution in [1.29, 1.82) is 0 Å². The van der Waals surface area contributed by atoms with Crippen molar-refractivity contribution in [2.24, 2.45) is 0 Å². The first-order chi connectivity index (χ1) is 8.81.